The smallest absolute Gasteiger partial charge is 0.326 e. The van der Waals surface area contributed by atoms with Crippen molar-refractivity contribution in [1.82, 2.24) is 9.97 Å². The number of hydrogen-bond acceptors (Lipinski definition) is 3. The lowest BCUT2D eigenvalue weighted by Crippen LogP contribution is -2.21. The van der Waals surface area contributed by atoms with E-state index in [1.807, 2.05) is 19.1 Å². The molecule has 0 bridgehead atoms. The van der Waals surface area contributed by atoms with Crippen molar-refractivity contribution in [2.75, 3.05) is 6.61 Å². The van der Waals surface area contributed by atoms with Gasteiger partial charge in [0.15, 0.2) is 0 Å². The van der Waals surface area contributed by atoms with Gasteiger partial charge in [-0.25, -0.2) is 4.79 Å². The van der Waals surface area contributed by atoms with E-state index >= 15 is 0 Å². The molecule has 1 aromatic heterocycles. The van der Waals surface area contributed by atoms with Gasteiger partial charge in [0.05, 0.1) is 12.3 Å². The third-order valence-electron chi connectivity index (χ3n) is 2.24. The summed E-state index contributed by atoms with van der Waals surface area (Å²) >= 11 is 0. The molecule has 88 valence electrons. The Labute approximate surface area is 97.1 Å². The zero-order valence-corrected chi connectivity index (χ0v) is 9.32. The first kappa shape index (κ1) is 11.2. The molecule has 0 unspecified atom stereocenters. The second kappa shape index (κ2) is 4.69. The van der Waals surface area contributed by atoms with E-state index in [1.54, 1.807) is 12.1 Å². The fourth-order valence-electron chi connectivity index (χ4n) is 1.58. The second-order valence-electron chi connectivity index (χ2n) is 3.43. The van der Waals surface area contributed by atoms with Crippen molar-refractivity contribution < 1.29 is 4.74 Å². The van der Waals surface area contributed by atoms with E-state index < -0.39 is 11.2 Å². The Morgan fingerprint density at radius 2 is 1.94 bits per heavy atom. The molecule has 2 aromatic rings. The summed E-state index contributed by atoms with van der Waals surface area (Å²) in [4.78, 5) is 27.1. The molecule has 0 amide bonds. The summed E-state index contributed by atoms with van der Waals surface area (Å²) in [7, 11) is 0. The Morgan fingerprint density at radius 1 is 1.18 bits per heavy atom. The number of ether oxygens (including phenoxy) is 1. The number of rotatable bonds is 3. The van der Waals surface area contributed by atoms with Crippen LogP contribution < -0.4 is 16.0 Å². The summed E-state index contributed by atoms with van der Waals surface area (Å²) in [6.45, 7) is 2.39. The zero-order chi connectivity index (χ0) is 12.3. The van der Waals surface area contributed by atoms with Gasteiger partial charge in [-0.1, -0.05) is 12.1 Å². The predicted octanol–water partition coefficient (Wildman–Crippen LogP) is 1.13. The SMILES string of the molecule is CCOc1ccccc1-c1cc(=O)[nH]c(=O)[nH]1. The quantitative estimate of drug-likeness (QED) is 0.832. The number of aromatic nitrogens is 2. The lowest BCUT2D eigenvalue weighted by atomic mass is 10.1. The van der Waals surface area contributed by atoms with Gasteiger partial charge in [0.25, 0.3) is 5.56 Å². The molecule has 2 rings (SSSR count). The Bertz CT molecular complexity index is 600. The molecule has 1 aromatic carbocycles. The van der Waals surface area contributed by atoms with Crippen molar-refractivity contribution in [3.05, 3.63) is 51.2 Å². The molecule has 0 saturated heterocycles. The Balaban J connectivity index is 2.59. The standard InChI is InChI=1S/C12H12N2O3/c1-2-17-10-6-4-3-5-8(10)9-7-11(15)14-12(16)13-9/h3-7H,2H2,1H3,(H2,13,14,15,16). The molecule has 0 radical (unpaired) electrons. The average molecular weight is 232 g/mol. The van der Waals surface area contributed by atoms with Crippen LogP contribution in [0.4, 0.5) is 0 Å². The Morgan fingerprint density at radius 3 is 2.65 bits per heavy atom. The predicted molar refractivity (Wildman–Crippen MR) is 64.3 cm³/mol. The minimum absolute atomic E-state index is 0.435. The van der Waals surface area contributed by atoms with E-state index in [9.17, 15) is 9.59 Å². The highest BCUT2D eigenvalue weighted by molar-refractivity contribution is 5.66. The van der Waals surface area contributed by atoms with Crippen molar-refractivity contribution in [3.63, 3.8) is 0 Å². The highest BCUT2D eigenvalue weighted by Crippen LogP contribution is 2.26. The van der Waals surface area contributed by atoms with Crippen molar-refractivity contribution in [3.8, 4) is 17.0 Å². The first-order chi connectivity index (χ1) is 8.20. The molecule has 2 N–H and O–H groups in total. The third-order valence-corrected chi connectivity index (χ3v) is 2.24. The molecule has 0 aliphatic carbocycles. The van der Waals surface area contributed by atoms with Gasteiger partial charge in [0.1, 0.15) is 5.75 Å². The largest absolute Gasteiger partial charge is 0.493 e. The maximum absolute atomic E-state index is 11.2. The van der Waals surface area contributed by atoms with E-state index in [4.69, 9.17) is 4.74 Å². The number of nitrogens with one attached hydrogen (secondary N) is 2. The van der Waals surface area contributed by atoms with Gasteiger partial charge in [-0.3, -0.25) is 9.78 Å². The summed E-state index contributed by atoms with van der Waals surface area (Å²) in [6, 6.07) is 8.56. The molecule has 1 heterocycles. The molecule has 0 spiro atoms. The van der Waals surface area contributed by atoms with Gasteiger partial charge in [0.2, 0.25) is 0 Å². The maximum Gasteiger partial charge on any atom is 0.326 e. The van der Waals surface area contributed by atoms with E-state index in [2.05, 4.69) is 9.97 Å². The minimum atomic E-state index is -0.529. The maximum atomic E-state index is 11.2. The fraction of sp³-hybridized carbons (Fsp3) is 0.167. The van der Waals surface area contributed by atoms with Crippen molar-refractivity contribution in [1.29, 1.82) is 0 Å². The highest BCUT2D eigenvalue weighted by atomic mass is 16.5. The minimum Gasteiger partial charge on any atom is -0.493 e. The van der Waals surface area contributed by atoms with Gasteiger partial charge >= 0.3 is 5.69 Å². The number of hydrogen-bond donors (Lipinski definition) is 2. The molecule has 0 fully saturated rings. The van der Waals surface area contributed by atoms with Crippen molar-refractivity contribution in [2.24, 2.45) is 0 Å². The van der Waals surface area contributed by atoms with Crippen LogP contribution in [0.25, 0.3) is 11.3 Å². The monoisotopic (exact) mass is 232 g/mol. The summed E-state index contributed by atoms with van der Waals surface area (Å²) < 4.78 is 5.44. The van der Waals surface area contributed by atoms with Crippen LogP contribution in [0.2, 0.25) is 0 Å². The third kappa shape index (κ3) is 2.44. The molecular weight excluding hydrogens is 220 g/mol. The molecule has 5 nitrogen and oxygen atoms in total. The van der Waals surface area contributed by atoms with Crippen molar-refractivity contribution in [2.45, 2.75) is 6.92 Å². The molecular formula is C12H12N2O3. The zero-order valence-electron chi connectivity index (χ0n) is 9.32. The molecule has 0 saturated carbocycles. The molecule has 0 aliphatic rings. The molecule has 0 aliphatic heterocycles. The van der Waals surface area contributed by atoms with Gasteiger partial charge in [0, 0.05) is 11.6 Å². The van der Waals surface area contributed by atoms with Crippen LogP contribution in [0.15, 0.2) is 39.9 Å². The van der Waals surface area contributed by atoms with Crippen molar-refractivity contribution >= 4 is 0 Å². The lowest BCUT2D eigenvalue weighted by Gasteiger charge is -2.09. The van der Waals surface area contributed by atoms with Crippen LogP contribution in [0.3, 0.4) is 0 Å². The molecule has 17 heavy (non-hydrogen) atoms. The Hall–Kier alpha value is -2.30. The van der Waals surface area contributed by atoms with Crippen LogP contribution in [-0.2, 0) is 0 Å². The van der Waals surface area contributed by atoms with Gasteiger partial charge in [-0.2, -0.15) is 0 Å². The highest BCUT2D eigenvalue weighted by Gasteiger charge is 2.06. The first-order valence-corrected chi connectivity index (χ1v) is 5.26. The first-order valence-electron chi connectivity index (χ1n) is 5.26. The van der Waals surface area contributed by atoms with Crippen LogP contribution in [0.5, 0.6) is 5.75 Å². The summed E-state index contributed by atoms with van der Waals surface area (Å²) in [6.07, 6.45) is 0. The number of H-pyrrole nitrogens is 2. The van der Waals surface area contributed by atoms with E-state index in [1.165, 1.54) is 6.07 Å². The fourth-order valence-corrected chi connectivity index (χ4v) is 1.58. The summed E-state index contributed by atoms with van der Waals surface area (Å²) in [5.74, 6) is 0.635. The number of para-hydroxylation sites is 1. The van der Waals surface area contributed by atoms with Crippen LogP contribution in [-0.4, -0.2) is 16.6 Å². The van der Waals surface area contributed by atoms with E-state index in [0.717, 1.165) is 0 Å². The van der Waals surface area contributed by atoms with Crippen LogP contribution >= 0.6 is 0 Å². The average Bonchev–Trinajstić information content (AvgIpc) is 2.29. The van der Waals surface area contributed by atoms with Gasteiger partial charge in [-0.15, -0.1) is 0 Å². The number of benzene rings is 1. The molecule has 5 heteroatoms. The lowest BCUT2D eigenvalue weighted by molar-refractivity contribution is 0.341. The normalized spacial score (nSPS) is 10.2. The second-order valence-corrected chi connectivity index (χ2v) is 3.43. The number of aromatic amines is 2. The van der Waals surface area contributed by atoms with E-state index in [-0.39, 0.29) is 0 Å². The topological polar surface area (TPSA) is 75.0 Å². The van der Waals surface area contributed by atoms with E-state index in [0.29, 0.717) is 23.6 Å². The van der Waals surface area contributed by atoms with Gasteiger partial charge < -0.3 is 9.72 Å². The van der Waals surface area contributed by atoms with Crippen LogP contribution in [0, 0.1) is 0 Å². The summed E-state index contributed by atoms with van der Waals surface area (Å²) in [5, 5.41) is 0. The summed E-state index contributed by atoms with van der Waals surface area (Å²) in [5.41, 5.74) is 0.175. The molecule has 0 atom stereocenters. The van der Waals surface area contributed by atoms with Gasteiger partial charge in [-0.05, 0) is 19.1 Å². The Kier molecular flexibility index (Phi) is 3.09. The van der Waals surface area contributed by atoms with Crippen LogP contribution in [0.1, 0.15) is 6.92 Å².